The largest absolute Gasteiger partial charge is 0.493 e. The lowest BCUT2D eigenvalue weighted by Gasteiger charge is -2.22. The molecule has 1 aromatic rings. The summed E-state index contributed by atoms with van der Waals surface area (Å²) in [6.45, 7) is 4.64. The van der Waals surface area contributed by atoms with Gasteiger partial charge in [0.05, 0.1) is 6.61 Å². The van der Waals surface area contributed by atoms with Crippen LogP contribution in [0.4, 0.5) is 0 Å². The van der Waals surface area contributed by atoms with Crippen molar-refractivity contribution in [3.63, 3.8) is 0 Å². The van der Waals surface area contributed by atoms with E-state index in [0.29, 0.717) is 5.92 Å². The molecule has 88 valence electrons. The monoisotopic (exact) mass is 284 g/mol. The van der Waals surface area contributed by atoms with Gasteiger partial charge in [-0.3, -0.25) is 0 Å². The van der Waals surface area contributed by atoms with E-state index in [2.05, 4.69) is 35.0 Å². The molecule has 1 aliphatic rings. The van der Waals surface area contributed by atoms with Gasteiger partial charge in [0.2, 0.25) is 0 Å². The lowest BCUT2D eigenvalue weighted by molar-refractivity contribution is 0.0497. The van der Waals surface area contributed by atoms with Gasteiger partial charge in [0, 0.05) is 17.7 Å². The van der Waals surface area contributed by atoms with Crippen LogP contribution in [0.25, 0.3) is 0 Å². The fourth-order valence-electron chi connectivity index (χ4n) is 1.91. The van der Waals surface area contributed by atoms with E-state index in [4.69, 9.17) is 9.47 Å². The summed E-state index contributed by atoms with van der Waals surface area (Å²) < 4.78 is 12.2. The molecule has 0 aliphatic carbocycles. The summed E-state index contributed by atoms with van der Waals surface area (Å²) in [5.41, 5.74) is 1.22. The van der Waals surface area contributed by atoms with E-state index in [0.717, 1.165) is 42.9 Å². The molecule has 0 radical (unpaired) electrons. The third-order valence-corrected chi connectivity index (χ3v) is 3.30. The first-order valence-corrected chi connectivity index (χ1v) is 6.51. The zero-order chi connectivity index (χ0) is 11.4. The van der Waals surface area contributed by atoms with Crippen molar-refractivity contribution in [1.29, 1.82) is 0 Å². The molecule has 0 spiro atoms. The summed E-state index contributed by atoms with van der Waals surface area (Å²) in [5, 5.41) is 0. The molecule has 1 fully saturated rings. The summed E-state index contributed by atoms with van der Waals surface area (Å²) in [4.78, 5) is 0. The Morgan fingerprint density at radius 2 is 2.06 bits per heavy atom. The fraction of sp³-hybridized carbons (Fsp3) is 0.538. The molecule has 2 rings (SSSR count). The topological polar surface area (TPSA) is 18.5 Å². The van der Waals surface area contributed by atoms with E-state index in [-0.39, 0.29) is 0 Å². The first-order chi connectivity index (χ1) is 7.74. The van der Waals surface area contributed by atoms with Gasteiger partial charge in [-0.2, -0.15) is 0 Å². The van der Waals surface area contributed by atoms with Crippen LogP contribution >= 0.6 is 15.9 Å². The lowest BCUT2D eigenvalue weighted by atomic mass is 10.0. The molecule has 3 heteroatoms. The summed E-state index contributed by atoms with van der Waals surface area (Å²) in [6, 6.07) is 6.18. The van der Waals surface area contributed by atoms with Crippen molar-refractivity contribution in [2.24, 2.45) is 5.92 Å². The normalized spacial score (nSPS) is 17.4. The van der Waals surface area contributed by atoms with Crippen LogP contribution in [0, 0.1) is 12.8 Å². The second-order valence-electron chi connectivity index (χ2n) is 4.33. The van der Waals surface area contributed by atoms with Crippen molar-refractivity contribution in [3.05, 3.63) is 28.2 Å². The highest BCUT2D eigenvalue weighted by Gasteiger charge is 2.14. The Bertz CT molecular complexity index is 326. The Kier molecular flexibility index (Phi) is 4.24. The maximum Gasteiger partial charge on any atom is 0.120 e. The average molecular weight is 285 g/mol. The number of aryl methyl sites for hydroxylation is 1. The van der Waals surface area contributed by atoms with E-state index in [1.807, 2.05) is 6.07 Å². The number of hydrogen-bond acceptors (Lipinski definition) is 2. The highest BCUT2D eigenvalue weighted by atomic mass is 79.9. The molecule has 0 unspecified atom stereocenters. The fourth-order valence-corrected chi connectivity index (χ4v) is 2.50. The van der Waals surface area contributed by atoms with Crippen LogP contribution in [-0.2, 0) is 4.74 Å². The maximum absolute atomic E-state index is 5.82. The van der Waals surface area contributed by atoms with Crippen LogP contribution in [0.5, 0.6) is 5.75 Å². The summed E-state index contributed by atoms with van der Waals surface area (Å²) >= 11 is 3.48. The van der Waals surface area contributed by atoms with Gasteiger partial charge in [-0.05, 0) is 49.4 Å². The Balaban J connectivity index is 1.88. The first kappa shape index (κ1) is 11.9. The van der Waals surface area contributed by atoms with E-state index in [1.165, 1.54) is 5.56 Å². The molecular formula is C13H17BrO2. The predicted octanol–water partition coefficient (Wildman–Crippen LogP) is 3.56. The van der Waals surface area contributed by atoms with Crippen LogP contribution in [0.3, 0.4) is 0 Å². The van der Waals surface area contributed by atoms with Crippen LogP contribution in [0.1, 0.15) is 18.4 Å². The average Bonchev–Trinajstić information content (AvgIpc) is 2.27. The van der Waals surface area contributed by atoms with Crippen molar-refractivity contribution >= 4 is 15.9 Å². The minimum absolute atomic E-state index is 0.646. The van der Waals surface area contributed by atoms with Gasteiger partial charge in [0.1, 0.15) is 5.75 Å². The molecule has 0 saturated carbocycles. The van der Waals surface area contributed by atoms with E-state index in [1.54, 1.807) is 0 Å². The molecule has 0 amide bonds. The molecule has 0 bridgehead atoms. The number of hydrogen-bond donors (Lipinski definition) is 0. The Hall–Kier alpha value is -0.540. The molecule has 1 saturated heterocycles. The molecule has 1 aliphatic heterocycles. The predicted molar refractivity (Wildman–Crippen MR) is 67.9 cm³/mol. The Morgan fingerprint density at radius 3 is 2.75 bits per heavy atom. The molecule has 2 nitrogen and oxygen atoms in total. The van der Waals surface area contributed by atoms with Gasteiger partial charge in [-0.1, -0.05) is 15.9 Å². The first-order valence-electron chi connectivity index (χ1n) is 5.72. The van der Waals surface area contributed by atoms with Crippen molar-refractivity contribution in [3.8, 4) is 5.75 Å². The molecule has 0 atom stereocenters. The summed E-state index contributed by atoms with van der Waals surface area (Å²) in [7, 11) is 0. The standard InChI is InChI=1S/C13H17BrO2/c1-10-6-12(14)8-13(7-10)16-9-11-2-4-15-5-3-11/h6-8,11H,2-5,9H2,1H3. The Morgan fingerprint density at radius 1 is 1.31 bits per heavy atom. The van der Waals surface area contributed by atoms with Crippen LogP contribution < -0.4 is 4.74 Å². The van der Waals surface area contributed by atoms with Gasteiger partial charge < -0.3 is 9.47 Å². The highest BCUT2D eigenvalue weighted by molar-refractivity contribution is 9.10. The molecule has 1 aromatic carbocycles. The van der Waals surface area contributed by atoms with Crippen LogP contribution in [0.2, 0.25) is 0 Å². The van der Waals surface area contributed by atoms with E-state index < -0.39 is 0 Å². The van der Waals surface area contributed by atoms with Crippen molar-refractivity contribution in [1.82, 2.24) is 0 Å². The highest BCUT2D eigenvalue weighted by Crippen LogP contribution is 2.23. The lowest BCUT2D eigenvalue weighted by Crippen LogP contribution is -2.21. The minimum Gasteiger partial charge on any atom is -0.493 e. The maximum atomic E-state index is 5.82. The number of benzene rings is 1. The van der Waals surface area contributed by atoms with E-state index >= 15 is 0 Å². The quantitative estimate of drug-likeness (QED) is 0.845. The summed E-state index contributed by atoms with van der Waals surface area (Å²) in [6.07, 6.45) is 2.24. The number of rotatable bonds is 3. The van der Waals surface area contributed by atoms with E-state index in [9.17, 15) is 0 Å². The number of halogens is 1. The SMILES string of the molecule is Cc1cc(Br)cc(OCC2CCOCC2)c1. The molecule has 16 heavy (non-hydrogen) atoms. The van der Waals surface area contributed by atoms with Crippen molar-refractivity contribution in [2.45, 2.75) is 19.8 Å². The Labute approximate surface area is 105 Å². The summed E-state index contributed by atoms with van der Waals surface area (Å²) in [5.74, 6) is 1.60. The van der Waals surface area contributed by atoms with Crippen molar-refractivity contribution in [2.75, 3.05) is 19.8 Å². The smallest absolute Gasteiger partial charge is 0.120 e. The molecule has 0 aromatic heterocycles. The van der Waals surface area contributed by atoms with Gasteiger partial charge >= 0.3 is 0 Å². The third-order valence-electron chi connectivity index (χ3n) is 2.84. The molecule has 0 N–H and O–H groups in total. The van der Waals surface area contributed by atoms with Gasteiger partial charge in [0.15, 0.2) is 0 Å². The zero-order valence-electron chi connectivity index (χ0n) is 9.54. The second kappa shape index (κ2) is 5.69. The molecule has 1 heterocycles. The third kappa shape index (κ3) is 3.49. The van der Waals surface area contributed by atoms with Crippen LogP contribution in [-0.4, -0.2) is 19.8 Å². The van der Waals surface area contributed by atoms with Crippen LogP contribution in [0.15, 0.2) is 22.7 Å². The molecular weight excluding hydrogens is 268 g/mol. The van der Waals surface area contributed by atoms with Gasteiger partial charge in [0.25, 0.3) is 0 Å². The van der Waals surface area contributed by atoms with Gasteiger partial charge in [-0.15, -0.1) is 0 Å². The zero-order valence-corrected chi connectivity index (χ0v) is 11.1. The van der Waals surface area contributed by atoms with Gasteiger partial charge in [-0.25, -0.2) is 0 Å². The minimum atomic E-state index is 0.646. The van der Waals surface area contributed by atoms with Crippen molar-refractivity contribution < 1.29 is 9.47 Å². The number of ether oxygens (including phenoxy) is 2. The second-order valence-corrected chi connectivity index (χ2v) is 5.25.